The van der Waals surface area contributed by atoms with Crippen LogP contribution in [0.25, 0.3) is 5.57 Å². The lowest BCUT2D eigenvalue weighted by atomic mass is 9.75. The molecule has 4 heteroatoms. The number of hydrogen-bond donors (Lipinski definition) is 2. The van der Waals surface area contributed by atoms with E-state index < -0.39 is 17.7 Å². The lowest BCUT2D eigenvalue weighted by molar-refractivity contribution is 0.0947. The van der Waals surface area contributed by atoms with Crippen molar-refractivity contribution < 1.29 is 13.9 Å². The molecule has 1 saturated carbocycles. The first-order valence-electron chi connectivity index (χ1n) is 10.9. The highest BCUT2D eigenvalue weighted by molar-refractivity contribution is 5.62. The van der Waals surface area contributed by atoms with Gasteiger partial charge in [-0.15, -0.1) is 0 Å². The van der Waals surface area contributed by atoms with Crippen molar-refractivity contribution in [1.29, 1.82) is 0 Å². The third-order valence-electron chi connectivity index (χ3n) is 6.40. The van der Waals surface area contributed by atoms with Gasteiger partial charge in [0.2, 0.25) is 0 Å². The van der Waals surface area contributed by atoms with Crippen molar-refractivity contribution in [3.05, 3.63) is 77.4 Å². The molecule has 2 nitrogen and oxygen atoms in total. The lowest BCUT2D eigenvalue weighted by Crippen LogP contribution is -2.48. The van der Waals surface area contributed by atoms with E-state index in [1.165, 1.54) is 24.1 Å². The number of aliphatic hydroxyl groups excluding tert-OH is 1. The highest BCUT2D eigenvalue weighted by Gasteiger charge is 2.34. The molecule has 30 heavy (non-hydrogen) atoms. The number of hydrogen-bond acceptors (Lipinski definition) is 2. The zero-order valence-corrected chi connectivity index (χ0v) is 18.1. The van der Waals surface area contributed by atoms with Crippen LogP contribution >= 0.6 is 0 Å². The van der Waals surface area contributed by atoms with E-state index >= 15 is 0 Å². The van der Waals surface area contributed by atoms with Crippen molar-refractivity contribution in [1.82, 2.24) is 5.32 Å². The molecule has 0 unspecified atom stereocenters. The summed E-state index contributed by atoms with van der Waals surface area (Å²) in [4.78, 5) is 0. The fourth-order valence-electron chi connectivity index (χ4n) is 4.54. The monoisotopic (exact) mass is 413 g/mol. The number of benzene rings is 2. The molecular formula is C26H33F2NO. The molecule has 0 radical (unpaired) electrons. The molecular weight excluding hydrogens is 380 g/mol. The Labute approximate surface area is 179 Å². The Bertz CT molecular complexity index is 853. The molecule has 0 spiro atoms. The zero-order chi connectivity index (χ0) is 21.7. The van der Waals surface area contributed by atoms with E-state index in [0.717, 1.165) is 42.9 Å². The maximum atomic E-state index is 13.5. The van der Waals surface area contributed by atoms with Crippen molar-refractivity contribution in [2.24, 2.45) is 5.92 Å². The van der Waals surface area contributed by atoms with Gasteiger partial charge in [-0.2, -0.15) is 0 Å². The van der Waals surface area contributed by atoms with E-state index in [0.29, 0.717) is 18.5 Å². The Morgan fingerprint density at radius 2 is 1.77 bits per heavy atom. The summed E-state index contributed by atoms with van der Waals surface area (Å²) in [6, 6.07) is 12.1. The van der Waals surface area contributed by atoms with Gasteiger partial charge in [0.1, 0.15) is 11.6 Å². The highest BCUT2D eigenvalue weighted by Crippen LogP contribution is 2.38. The van der Waals surface area contributed by atoms with Gasteiger partial charge in [-0.1, -0.05) is 56.5 Å². The molecule has 162 valence electrons. The second kappa shape index (κ2) is 9.84. The van der Waals surface area contributed by atoms with Crippen LogP contribution in [0.1, 0.15) is 62.6 Å². The maximum Gasteiger partial charge on any atom is 0.126 e. The van der Waals surface area contributed by atoms with Crippen LogP contribution in [0.15, 0.2) is 49.0 Å². The fourth-order valence-corrected chi connectivity index (χ4v) is 4.54. The van der Waals surface area contributed by atoms with Crippen molar-refractivity contribution in [2.45, 2.75) is 64.0 Å². The topological polar surface area (TPSA) is 32.3 Å². The molecule has 1 aliphatic carbocycles. The van der Waals surface area contributed by atoms with Crippen molar-refractivity contribution in [3.8, 4) is 0 Å². The van der Waals surface area contributed by atoms with Gasteiger partial charge in [0.15, 0.2) is 0 Å². The number of aliphatic hydroxyl groups is 1. The Morgan fingerprint density at radius 1 is 1.10 bits per heavy atom. The Hall–Kier alpha value is -2.04. The number of halogens is 2. The van der Waals surface area contributed by atoms with Crippen LogP contribution < -0.4 is 5.32 Å². The molecule has 0 bridgehead atoms. The van der Waals surface area contributed by atoms with E-state index in [1.807, 2.05) is 13.8 Å². The minimum absolute atomic E-state index is 0.124. The van der Waals surface area contributed by atoms with Gasteiger partial charge in [0, 0.05) is 18.2 Å². The van der Waals surface area contributed by atoms with Gasteiger partial charge in [-0.05, 0) is 67.0 Å². The molecule has 0 aliphatic heterocycles. The summed E-state index contributed by atoms with van der Waals surface area (Å²) >= 11 is 0. The molecule has 0 heterocycles. The van der Waals surface area contributed by atoms with E-state index in [-0.39, 0.29) is 11.5 Å². The van der Waals surface area contributed by atoms with Crippen LogP contribution in [0.3, 0.4) is 0 Å². The van der Waals surface area contributed by atoms with Gasteiger partial charge in [-0.3, -0.25) is 0 Å². The predicted octanol–water partition coefficient (Wildman–Crippen LogP) is 5.99. The van der Waals surface area contributed by atoms with Crippen LogP contribution in [0.4, 0.5) is 8.78 Å². The van der Waals surface area contributed by atoms with E-state index in [2.05, 4.69) is 36.2 Å². The standard InChI is InChI=1S/C26H33F2NO/c1-18(2)21-8-7-9-22(15-21)26(10-5-4-6-11-26)29-17-25(30)19(3)12-20-13-23(27)16-24(28)14-20/h7-9,13-16,19,25,29-30H,1,4-6,10-12,17H2,2-3H3/t19-,25+/m0/s1. The van der Waals surface area contributed by atoms with Crippen LogP contribution in [-0.4, -0.2) is 17.8 Å². The molecule has 0 amide bonds. The third kappa shape index (κ3) is 5.55. The molecule has 2 atom stereocenters. The lowest BCUT2D eigenvalue weighted by Gasteiger charge is -2.40. The largest absolute Gasteiger partial charge is 0.392 e. The minimum atomic E-state index is -0.612. The SMILES string of the molecule is C=C(C)c1cccc(C2(NC[C@@H](O)[C@@H](C)Cc3cc(F)cc(F)c3)CCCCC2)c1. The number of allylic oxidation sites excluding steroid dienone is 1. The van der Waals surface area contributed by atoms with Crippen molar-refractivity contribution in [3.63, 3.8) is 0 Å². The molecule has 2 aromatic rings. The molecule has 3 rings (SSSR count). The maximum absolute atomic E-state index is 13.5. The Morgan fingerprint density at radius 3 is 2.40 bits per heavy atom. The summed E-state index contributed by atoms with van der Waals surface area (Å²) in [5.74, 6) is -1.28. The molecule has 0 aromatic heterocycles. The van der Waals surface area contributed by atoms with Gasteiger partial charge < -0.3 is 10.4 Å². The molecule has 1 fully saturated rings. The van der Waals surface area contributed by atoms with Gasteiger partial charge >= 0.3 is 0 Å². The summed E-state index contributed by atoms with van der Waals surface area (Å²) in [6.07, 6.45) is 5.41. The zero-order valence-electron chi connectivity index (χ0n) is 18.1. The molecule has 2 aromatic carbocycles. The van der Waals surface area contributed by atoms with Crippen LogP contribution in [-0.2, 0) is 12.0 Å². The molecule has 0 saturated heterocycles. The third-order valence-corrected chi connectivity index (χ3v) is 6.40. The average molecular weight is 414 g/mol. The quantitative estimate of drug-likeness (QED) is 0.557. The summed E-state index contributed by atoms with van der Waals surface area (Å²) in [5, 5.41) is 14.5. The van der Waals surface area contributed by atoms with Crippen LogP contribution in [0, 0.1) is 17.6 Å². The first-order valence-corrected chi connectivity index (χ1v) is 10.9. The molecule has 1 aliphatic rings. The second-order valence-corrected chi connectivity index (χ2v) is 8.91. The predicted molar refractivity (Wildman–Crippen MR) is 119 cm³/mol. The van der Waals surface area contributed by atoms with Crippen molar-refractivity contribution >= 4 is 5.57 Å². The van der Waals surface area contributed by atoms with E-state index in [4.69, 9.17) is 0 Å². The van der Waals surface area contributed by atoms with Crippen LogP contribution in [0.2, 0.25) is 0 Å². The number of rotatable bonds is 8. The van der Waals surface area contributed by atoms with Gasteiger partial charge in [-0.25, -0.2) is 8.78 Å². The second-order valence-electron chi connectivity index (χ2n) is 8.91. The first-order chi connectivity index (χ1) is 14.3. The fraction of sp³-hybridized carbons (Fsp3) is 0.462. The minimum Gasteiger partial charge on any atom is -0.392 e. The Kier molecular flexibility index (Phi) is 7.43. The summed E-state index contributed by atoms with van der Waals surface area (Å²) in [6.45, 7) is 8.45. The number of nitrogens with one attached hydrogen (secondary N) is 1. The van der Waals surface area contributed by atoms with Gasteiger partial charge in [0.05, 0.1) is 6.10 Å². The van der Waals surface area contributed by atoms with Gasteiger partial charge in [0.25, 0.3) is 0 Å². The van der Waals surface area contributed by atoms with E-state index in [1.54, 1.807) is 0 Å². The Balaban J connectivity index is 1.71. The molecule has 2 N–H and O–H groups in total. The normalized spacial score (nSPS) is 18.0. The van der Waals surface area contributed by atoms with E-state index in [9.17, 15) is 13.9 Å². The smallest absolute Gasteiger partial charge is 0.126 e. The summed E-state index contributed by atoms with van der Waals surface area (Å²) in [7, 11) is 0. The first kappa shape index (κ1) is 22.6. The summed E-state index contributed by atoms with van der Waals surface area (Å²) < 4.78 is 27.0. The van der Waals surface area contributed by atoms with Crippen molar-refractivity contribution in [2.75, 3.05) is 6.54 Å². The average Bonchev–Trinajstić information content (AvgIpc) is 2.72. The van der Waals surface area contributed by atoms with Crippen LogP contribution in [0.5, 0.6) is 0 Å². The summed E-state index contributed by atoms with van der Waals surface area (Å²) in [5.41, 5.74) is 3.84. The highest BCUT2D eigenvalue weighted by atomic mass is 19.1.